The molecule has 0 bridgehead atoms. The van der Waals surface area contributed by atoms with Crippen LogP contribution < -0.4 is 0 Å². The van der Waals surface area contributed by atoms with Crippen molar-refractivity contribution in [3.8, 4) is 0 Å². The number of halogens is 1. The van der Waals surface area contributed by atoms with Crippen molar-refractivity contribution < 1.29 is 14.5 Å². The number of oxime groups is 1. The molecule has 1 aromatic heterocycles. The molecule has 1 N–H and O–H groups in total. The van der Waals surface area contributed by atoms with E-state index in [1.807, 2.05) is 19.1 Å². The Hall–Kier alpha value is -2.45. The van der Waals surface area contributed by atoms with Crippen molar-refractivity contribution in [1.82, 2.24) is 20.2 Å². The molecule has 138 valence electrons. The van der Waals surface area contributed by atoms with Gasteiger partial charge in [0.05, 0.1) is 23.7 Å². The zero-order valence-electron chi connectivity index (χ0n) is 14.7. The standard InChI is InChI=1S/C17H20ClN5O3/c1-4-13(24)26-23-15(10(2)22-25-3)14(17-19-9-20-21-17)16(23)11-5-7-12(18)8-6-11/h5-9,14-16H,4H2,1-3H3,(H,19,20,21). The number of aromatic nitrogens is 3. The molecule has 2 aromatic rings. The number of nitrogens with zero attached hydrogens (tertiary/aromatic N) is 4. The van der Waals surface area contributed by atoms with E-state index < -0.39 is 0 Å². The molecule has 3 atom stereocenters. The van der Waals surface area contributed by atoms with E-state index in [0.29, 0.717) is 16.6 Å². The first-order chi connectivity index (χ1) is 12.6. The molecule has 3 unspecified atom stereocenters. The van der Waals surface area contributed by atoms with Crippen molar-refractivity contribution in [2.45, 2.75) is 38.3 Å². The number of carbonyl (C=O) groups excluding carboxylic acids is 1. The highest BCUT2D eigenvalue weighted by molar-refractivity contribution is 6.30. The second-order valence-electron chi connectivity index (χ2n) is 5.93. The minimum absolute atomic E-state index is 0.137. The molecule has 26 heavy (non-hydrogen) atoms. The summed E-state index contributed by atoms with van der Waals surface area (Å²) in [6.45, 7) is 3.57. The van der Waals surface area contributed by atoms with E-state index in [4.69, 9.17) is 21.3 Å². The molecule has 3 rings (SSSR count). The lowest BCUT2D eigenvalue weighted by Gasteiger charge is -2.51. The van der Waals surface area contributed by atoms with Gasteiger partial charge in [0.15, 0.2) is 0 Å². The summed E-state index contributed by atoms with van der Waals surface area (Å²) in [7, 11) is 1.48. The molecule has 9 heteroatoms. The van der Waals surface area contributed by atoms with Crippen LogP contribution in [-0.2, 0) is 14.5 Å². The summed E-state index contributed by atoms with van der Waals surface area (Å²) >= 11 is 6.01. The SMILES string of the molecule is CCC(=O)ON1C(C(C)=NOC)C(c2ncn[nH]2)C1c1ccc(Cl)cc1. The smallest absolute Gasteiger partial charge is 0.324 e. The highest BCUT2D eigenvalue weighted by Crippen LogP contribution is 2.50. The summed E-state index contributed by atoms with van der Waals surface area (Å²) in [6, 6.07) is 6.85. The lowest BCUT2D eigenvalue weighted by atomic mass is 9.75. The maximum Gasteiger partial charge on any atom is 0.324 e. The Morgan fingerprint density at radius 3 is 2.69 bits per heavy atom. The van der Waals surface area contributed by atoms with E-state index >= 15 is 0 Å². The number of hydroxylamine groups is 2. The topological polar surface area (TPSA) is 92.7 Å². The Balaban J connectivity index is 2.02. The molecule has 1 fully saturated rings. The van der Waals surface area contributed by atoms with Gasteiger partial charge >= 0.3 is 5.97 Å². The lowest BCUT2D eigenvalue weighted by Crippen LogP contribution is -2.60. The van der Waals surface area contributed by atoms with E-state index in [1.165, 1.54) is 13.4 Å². The van der Waals surface area contributed by atoms with Crippen molar-refractivity contribution in [3.63, 3.8) is 0 Å². The third kappa shape index (κ3) is 3.42. The molecular weight excluding hydrogens is 358 g/mol. The Labute approximate surface area is 156 Å². The highest BCUT2D eigenvalue weighted by Gasteiger charge is 2.55. The second kappa shape index (κ2) is 7.84. The van der Waals surface area contributed by atoms with E-state index in [2.05, 4.69) is 20.3 Å². The van der Waals surface area contributed by atoms with E-state index in [1.54, 1.807) is 24.1 Å². The third-order valence-corrected chi connectivity index (χ3v) is 4.60. The van der Waals surface area contributed by atoms with Crippen molar-refractivity contribution in [2.75, 3.05) is 7.11 Å². The van der Waals surface area contributed by atoms with Gasteiger partial charge in [0.1, 0.15) is 19.3 Å². The third-order valence-electron chi connectivity index (χ3n) is 4.35. The number of hydrogen-bond donors (Lipinski definition) is 1. The van der Waals surface area contributed by atoms with Gasteiger partial charge in [-0.1, -0.05) is 35.8 Å². The van der Waals surface area contributed by atoms with Gasteiger partial charge in [0.25, 0.3) is 0 Å². The molecular formula is C17H20ClN5O3. The number of H-pyrrole nitrogens is 1. The van der Waals surface area contributed by atoms with Crippen LogP contribution >= 0.6 is 11.6 Å². The minimum atomic E-state index is -0.324. The summed E-state index contributed by atoms with van der Waals surface area (Å²) in [5.41, 5.74) is 1.61. The van der Waals surface area contributed by atoms with Crippen LogP contribution in [0.5, 0.6) is 0 Å². The van der Waals surface area contributed by atoms with Crippen molar-refractivity contribution in [2.24, 2.45) is 5.16 Å². The zero-order chi connectivity index (χ0) is 18.7. The van der Waals surface area contributed by atoms with Crippen LogP contribution in [0.15, 0.2) is 35.7 Å². The predicted octanol–water partition coefficient (Wildman–Crippen LogP) is 2.86. The molecule has 0 amide bonds. The van der Waals surface area contributed by atoms with E-state index in [0.717, 1.165) is 5.56 Å². The minimum Gasteiger partial charge on any atom is -0.399 e. The fourth-order valence-corrected chi connectivity index (χ4v) is 3.31. The van der Waals surface area contributed by atoms with Crippen LogP contribution in [0.2, 0.25) is 5.02 Å². The van der Waals surface area contributed by atoms with Crippen molar-refractivity contribution in [1.29, 1.82) is 0 Å². The lowest BCUT2D eigenvalue weighted by molar-refractivity contribution is -0.251. The van der Waals surface area contributed by atoms with Gasteiger partial charge in [0.2, 0.25) is 0 Å². The maximum atomic E-state index is 12.0. The zero-order valence-corrected chi connectivity index (χ0v) is 15.5. The molecule has 0 saturated carbocycles. The first kappa shape index (κ1) is 18.3. The van der Waals surface area contributed by atoms with Gasteiger partial charge in [-0.3, -0.25) is 9.89 Å². The van der Waals surface area contributed by atoms with Gasteiger partial charge in [-0.15, -0.1) is 5.06 Å². The van der Waals surface area contributed by atoms with Crippen LogP contribution in [0.4, 0.5) is 0 Å². The monoisotopic (exact) mass is 377 g/mol. The Morgan fingerprint density at radius 2 is 2.12 bits per heavy atom. The van der Waals surface area contributed by atoms with Crippen LogP contribution in [-0.4, -0.2) is 45.1 Å². The first-order valence-corrected chi connectivity index (χ1v) is 8.62. The summed E-state index contributed by atoms with van der Waals surface area (Å²) < 4.78 is 0. The molecule has 1 aliphatic heterocycles. The normalized spacial score (nSPS) is 23.4. The number of aromatic amines is 1. The number of nitrogens with one attached hydrogen (secondary N) is 1. The Bertz CT molecular complexity index is 778. The molecule has 1 aromatic carbocycles. The molecule has 8 nitrogen and oxygen atoms in total. The van der Waals surface area contributed by atoms with Crippen molar-refractivity contribution >= 4 is 23.3 Å². The highest BCUT2D eigenvalue weighted by atomic mass is 35.5. The number of benzene rings is 1. The number of rotatable bonds is 6. The Kier molecular flexibility index (Phi) is 5.53. The van der Waals surface area contributed by atoms with Crippen LogP contribution in [0.25, 0.3) is 0 Å². The van der Waals surface area contributed by atoms with Gasteiger partial charge in [-0.25, -0.2) is 4.98 Å². The largest absolute Gasteiger partial charge is 0.399 e. The first-order valence-electron chi connectivity index (χ1n) is 8.24. The van der Waals surface area contributed by atoms with Crippen LogP contribution in [0, 0.1) is 0 Å². The van der Waals surface area contributed by atoms with Crippen molar-refractivity contribution in [3.05, 3.63) is 47.0 Å². The van der Waals surface area contributed by atoms with Gasteiger partial charge in [0, 0.05) is 11.4 Å². The summed E-state index contributed by atoms with van der Waals surface area (Å²) in [6.07, 6.45) is 1.72. The summed E-state index contributed by atoms with van der Waals surface area (Å²) in [4.78, 5) is 26.8. The van der Waals surface area contributed by atoms with Gasteiger partial charge in [-0.05, 0) is 24.6 Å². The molecule has 1 aliphatic rings. The maximum absolute atomic E-state index is 12.0. The van der Waals surface area contributed by atoms with E-state index in [9.17, 15) is 4.79 Å². The molecule has 0 aliphatic carbocycles. The average Bonchev–Trinajstić information content (AvgIpc) is 3.13. The van der Waals surface area contributed by atoms with Crippen LogP contribution in [0.3, 0.4) is 0 Å². The second-order valence-corrected chi connectivity index (χ2v) is 6.37. The molecule has 0 radical (unpaired) electrons. The molecule has 1 saturated heterocycles. The summed E-state index contributed by atoms with van der Waals surface area (Å²) in [5, 5.41) is 13.2. The molecule has 0 spiro atoms. The predicted molar refractivity (Wildman–Crippen MR) is 95.4 cm³/mol. The Morgan fingerprint density at radius 1 is 1.38 bits per heavy atom. The van der Waals surface area contributed by atoms with Gasteiger partial charge in [-0.2, -0.15) is 5.10 Å². The van der Waals surface area contributed by atoms with Gasteiger partial charge < -0.3 is 9.68 Å². The quantitative estimate of drug-likeness (QED) is 0.614. The fourth-order valence-electron chi connectivity index (χ4n) is 3.19. The number of carbonyl (C=O) groups is 1. The number of hydrogen-bond acceptors (Lipinski definition) is 7. The fraction of sp³-hybridized carbons (Fsp3) is 0.412. The average molecular weight is 378 g/mol. The molecule has 2 heterocycles. The summed E-state index contributed by atoms with van der Waals surface area (Å²) in [5.74, 6) is 0.224. The van der Waals surface area contributed by atoms with Crippen LogP contribution in [0.1, 0.15) is 43.6 Å². The van der Waals surface area contributed by atoms with E-state index in [-0.39, 0.29) is 30.4 Å².